The smallest absolute Gasteiger partial charge is 0.240 e. The van der Waals surface area contributed by atoms with Crippen LogP contribution in [0.2, 0.25) is 0 Å². The summed E-state index contributed by atoms with van der Waals surface area (Å²) < 4.78 is 5.29. The maximum Gasteiger partial charge on any atom is 0.240 e. The number of benzene rings is 1. The van der Waals surface area contributed by atoms with Gasteiger partial charge < -0.3 is 15.4 Å². The van der Waals surface area contributed by atoms with Gasteiger partial charge in [-0.2, -0.15) is 0 Å². The molecule has 2 atom stereocenters. The molecule has 0 aliphatic carbocycles. The second-order valence-electron chi connectivity index (χ2n) is 4.59. The Morgan fingerprint density at radius 2 is 2.21 bits per heavy atom. The highest BCUT2D eigenvalue weighted by Gasteiger charge is 2.22. The number of ether oxygens (including phenoxy) is 1. The summed E-state index contributed by atoms with van der Waals surface area (Å²) >= 11 is 1.71. The minimum absolute atomic E-state index is 0.00106. The van der Waals surface area contributed by atoms with E-state index in [0.29, 0.717) is 13.2 Å². The highest BCUT2D eigenvalue weighted by Crippen LogP contribution is 2.18. The number of morpholine rings is 1. The van der Waals surface area contributed by atoms with E-state index in [2.05, 4.69) is 41.2 Å². The molecule has 0 bridgehead atoms. The Morgan fingerprint density at radius 1 is 1.47 bits per heavy atom. The lowest BCUT2D eigenvalue weighted by atomic mass is 10.1. The van der Waals surface area contributed by atoms with Crippen LogP contribution in [0, 0.1) is 0 Å². The second kappa shape index (κ2) is 6.93. The number of hydrogen-bond acceptors (Lipinski definition) is 4. The molecule has 1 heterocycles. The number of rotatable bonds is 4. The molecule has 1 amide bonds. The molecule has 0 radical (unpaired) electrons. The molecule has 1 aliphatic heterocycles. The van der Waals surface area contributed by atoms with E-state index < -0.39 is 0 Å². The van der Waals surface area contributed by atoms with Crippen molar-refractivity contribution in [2.45, 2.75) is 23.9 Å². The molecule has 5 heteroatoms. The van der Waals surface area contributed by atoms with Crippen LogP contribution in [-0.2, 0) is 9.53 Å². The van der Waals surface area contributed by atoms with Gasteiger partial charge in [0.05, 0.1) is 19.3 Å². The summed E-state index contributed by atoms with van der Waals surface area (Å²) in [4.78, 5) is 13.3. The zero-order valence-corrected chi connectivity index (χ0v) is 12.1. The number of carbonyl (C=O) groups is 1. The first-order valence-electron chi connectivity index (χ1n) is 6.46. The first-order chi connectivity index (χ1) is 9.20. The first kappa shape index (κ1) is 14.4. The highest BCUT2D eigenvalue weighted by atomic mass is 32.2. The molecule has 1 aromatic carbocycles. The fourth-order valence-corrected chi connectivity index (χ4v) is 2.43. The molecule has 19 heavy (non-hydrogen) atoms. The third-order valence-corrected chi connectivity index (χ3v) is 3.96. The van der Waals surface area contributed by atoms with E-state index in [1.165, 1.54) is 4.90 Å². The fourth-order valence-electron chi connectivity index (χ4n) is 2.02. The van der Waals surface area contributed by atoms with Gasteiger partial charge in [0, 0.05) is 11.4 Å². The lowest BCUT2D eigenvalue weighted by Crippen LogP contribution is -2.51. The average molecular weight is 280 g/mol. The van der Waals surface area contributed by atoms with Crippen molar-refractivity contribution in [3.8, 4) is 0 Å². The predicted octanol–water partition coefficient (Wildman–Crippen LogP) is 1.57. The lowest BCUT2D eigenvalue weighted by Gasteiger charge is -2.25. The van der Waals surface area contributed by atoms with Crippen LogP contribution < -0.4 is 10.6 Å². The predicted molar refractivity (Wildman–Crippen MR) is 77.4 cm³/mol. The van der Waals surface area contributed by atoms with E-state index in [1.807, 2.05) is 6.92 Å². The Labute approximate surface area is 118 Å². The van der Waals surface area contributed by atoms with Crippen molar-refractivity contribution >= 4 is 17.7 Å². The van der Waals surface area contributed by atoms with Gasteiger partial charge in [-0.05, 0) is 30.9 Å². The van der Waals surface area contributed by atoms with Crippen LogP contribution in [0.3, 0.4) is 0 Å². The zero-order chi connectivity index (χ0) is 13.7. The van der Waals surface area contributed by atoms with Gasteiger partial charge in [0.1, 0.15) is 6.04 Å². The normalized spacial score (nSPS) is 20.8. The summed E-state index contributed by atoms with van der Waals surface area (Å²) in [7, 11) is 0. The van der Waals surface area contributed by atoms with E-state index in [-0.39, 0.29) is 18.0 Å². The molecule has 2 N–H and O–H groups in total. The van der Waals surface area contributed by atoms with E-state index in [4.69, 9.17) is 4.74 Å². The van der Waals surface area contributed by atoms with E-state index in [1.54, 1.807) is 11.8 Å². The van der Waals surface area contributed by atoms with Crippen molar-refractivity contribution in [1.29, 1.82) is 0 Å². The van der Waals surface area contributed by atoms with Gasteiger partial charge >= 0.3 is 0 Å². The zero-order valence-electron chi connectivity index (χ0n) is 11.3. The van der Waals surface area contributed by atoms with Crippen LogP contribution in [0.5, 0.6) is 0 Å². The minimum atomic E-state index is -0.235. The first-order valence-corrected chi connectivity index (χ1v) is 7.68. The third kappa shape index (κ3) is 3.96. The van der Waals surface area contributed by atoms with Crippen LogP contribution in [0.4, 0.5) is 0 Å². The Kier molecular flexibility index (Phi) is 5.24. The van der Waals surface area contributed by atoms with E-state index >= 15 is 0 Å². The summed E-state index contributed by atoms with van der Waals surface area (Å²) in [5.74, 6) is 0.00106. The van der Waals surface area contributed by atoms with Crippen LogP contribution in [0.15, 0.2) is 29.2 Å². The Hall–Kier alpha value is -1.04. The number of amides is 1. The number of carbonyl (C=O) groups excluding carboxylic acids is 1. The van der Waals surface area contributed by atoms with Gasteiger partial charge in [0.25, 0.3) is 0 Å². The molecule has 1 fully saturated rings. The molecular weight excluding hydrogens is 260 g/mol. The Balaban J connectivity index is 1.91. The molecule has 0 saturated carbocycles. The SMILES string of the molecule is CSc1ccc(C(C)NC(=O)C2COCCN2)cc1. The van der Waals surface area contributed by atoms with Gasteiger partial charge in [-0.1, -0.05) is 12.1 Å². The monoisotopic (exact) mass is 280 g/mol. The molecule has 4 nitrogen and oxygen atoms in total. The molecule has 1 saturated heterocycles. The number of thioether (sulfide) groups is 1. The molecule has 1 aliphatic rings. The summed E-state index contributed by atoms with van der Waals surface area (Å²) in [5.41, 5.74) is 1.11. The Morgan fingerprint density at radius 3 is 2.79 bits per heavy atom. The summed E-state index contributed by atoms with van der Waals surface area (Å²) in [6, 6.07) is 8.03. The molecule has 104 valence electrons. The highest BCUT2D eigenvalue weighted by molar-refractivity contribution is 7.98. The van der Waals surface area contributed by atoms with E-state index in [0.717, 1.165) is 12.1 Å². The molecule has 0 aromatic heterocycles. The van der Waals surface area contributed by atoms with Crippen molar-refractivity contribution in [2.24, 2.45) is 0 Å². The third-order valence-electron chi connectivity index (χ3n) is 3.21. The quantitative estimate of drug-likeness (QED) is 0.822. The largest absolute Gasteiger partial charge is 0.378 e. The van der Waals surface area contributed by atoms with Gasteiger partial charge in [-0.3, -0.25) is 4.79 Å². The summed E-state index contributed by atoms with van der Waals surface area (Å²) in [6.07, 6.45) is 2.05. The van der Waals surface area contributed by atoms with Gasteiger partial charge in [-0.25, -0.2) is 0 Å². The van der Waals surface area contributed by atoms with E-state index in [9.17, 15) is 4.79 Å². The van der Waals surface area contributed by atoms with Crippen molar-refractivity contribution in [3.05, 3.63) is 29.8 Å². The summed E-state index contributed by atoms with van der Waals surface area (Å²) in [5, 5.41) is 6.17. The fraction of sp³-hybridized carbons (Fsp3) is 0.500. The van der Waals surface area contributed by atoms with Crippen LogP contribution in [0.25, 0.3) is 0 Å². The molecular formula is C14H20N2O2S. The standard InChI is InChI=1S/C14H20N2O2S/c1-10(11-3-5-12(19-2)6-4-11)16-14(17)13-9-18-8-7-15-13/h3-6,10,13,15H,7-9H2,1-2H3,(H,16,17). The van der Waals surface area contributed by atoms with Crippen molar-refractivity contribution < 1.29 is 9.53 Å². The van der Waals surface area contributed by atoms with Crippen LogP contribution in [-0.4, -0.2) is 38.0 Å². The molecule has 1 aromatic rings. The van der Waals surface area contributed by atoms with Crippen LogP contribution >= 0.6 is 11.8 Å². The van der Waals surface area contributed by atoms with Crippen LogP contribution in [0.1, 0.15) is 18.5 Å². The van der Waals surface area contributed by atoms with Gasteiger partial charge in [-0.15, -0.1) is 11.8 Å². The Bertz CT molecular complexity index is 416. The lowest BCUT2D eigenvalue weighted by molar-refractivity contribution is -0.126. The average Bonchev–Trinajstić information content (AvgIpc) is 2.48. The number of hydrogen-bond donors (Lipinski definition) is 2. The maximum atomic E-state index is 12.0. The topological polar surface area (TPSA) is 50.4 Å². The minimum Gasteiger partial charge on any atom is -0.378 e. The van der Waals surface area contributed by atoms with Crippen molar-refractivity contribution in [3.63, 3.8) is 0 Å². The molecule has 0 spiro atoms. The van der Waals surface area contributed by atoms with Crippen molar-refractivity contribution in [2.75, 3.05) is 26.0 Å². The van der Waals surface area contributed by atoms with Crippen molar-refractivity contribution in [1.82, 2.24) is 10.6 Å². The summed E-state index contributed by atoms with van der Waals surface area (Å²) in [6.45, 7) is 3.85. The number of nitrogens with one attached hydrogen (secondary N) is 2. The maximum absolute atomic E-state index is 12.0. The second-order valence-corrected chi connectivity index (χ2v) is 5.46. The van der Waals surface area contributed by atoms with Gasteiger partial charge in [0.2, 0.25) is 5.91 Å². The molecule has 2 rings (SSSR count). The molecule has 2 unspecified atom stereocenters. The van der Waals surface area contributed by atoms with Gasteiger partial charge in [0.15, 0.2) is 0 Å².